The van der Waals surface area contributed by atoms with Gasteiger partial charge in [0.25, 0.3) is 5.91 Å². The smallest absolute Gasteiger partial charge is 0.305 e. The van der Waals surface area contributed by atoms with E-state index in [-0.39, 0.29) is 36.4 Å². The van der Waals surface area contributed by atoms with Gasteiger partial charge < -0.3 is 14.8 Å². The standard InChI is InChI=1S/C33H41N3O5/c1-40-30(38)19-16-23-8-7-13-28(20-23)34-32(39)31(25-9-5-6-10-25)26-17-14-24(15-18-26)21-36-29(37)22-41-33(35-36)27-11-3-2-4-12-27/h2-4,11-12,14-15,17-18,23,25,28,31H,5-10,13,16,19-22H2,1H3,(H,34,39). The molecule has 2 aromatic rings. The summed E-state index contributed by atoms with van der Waals surface area (Å²) in [6.07, 6.45) is 9.75. The van der Waals surface area contributed by atoms with Crippen LogP contribution in [0.3, 0.4) is 0 Å². The summed E-state index contributed by atoms with van der Waals surface area (Å²) in [4.78, 5) is 37.9. The van der Waals surface area contributed by atoms with Gasteiger partial charge in [-0.1, -0.05) is 68.1 Å². The largest absolute Gasteiger partial charge is 0.469 e. The van der Waals surface area contributed by atoms with Gasteiger partial charge in [-0.2, -0.15) is 0 Å². The Morgan fingerprint density at radius 1 is 1.02 bits per heavy atom. The number of rotatable bonds is 10. The molecule has 2 aromatic carbocycles. The molecule has 2 fully saturated rings. The third-order valence-corrected chi connectivity index (χ3v) is 8.79. The number of hydrogen-bond acceptors (Lipinski definition) is 6. The topological polar surface area (TPSA) is 97.3 Å². The predicted molar refractivity (Wildman–Crippen MR) is 156 cm³/mol. The quantitative estimate of drug-likeness (QED) is 0.398. The van der Waals surface area contributed by atoms with Gasteiger partial charge >= 0.3 is 5.97 Å². The molecule has 0 radical (unpaired) electrons. The van der Waals surface area contributed by atoms with Gasteiger partial charge in [-0.3, -0.25) is 14.4 Å². The summed E-state index contributed by atoms with van der Waals surface area (Å²) < 4.78 is 10.4. The molecule has 3 aliphatic rings. The van der Waals surface area contributed by atoms with Crippen LogP contribution < -0.4 is 5.32 Å². The lowest BCUT2D eigenvalue weighted by atomic mass is 9.81. The van der Waals surface area contributed by atoms with E-state index in [0.717, 1.165) is 74.5 Å². The summed E-state index contributed by atoms with van der Waals surface area (Å²) in [7, 11) is 1.43. The first kappa shape index (κ1) is 28.8. The highest BCUT2D eigenvalue weighted by atomic mass is 16.5. The van der Waals surface area contributed by atoms with Crippen LogP contribution >= 0.6 is 0 Å². The SMILES string of the molecule is COC(=O)CCC1CCCC(NC(=O)C(c2ccc(CN3N=C(c4ccccc4)OCC3=O)cc2)C2CCCC2)C1. The number of esters is 1. The molecule has 2 amide bonds. The molecule has 218 valence electrons. The number of nitrogens with zero attached hydrogens (tertiary/aromatic N) is 2. The third-order valence-electron chi connectivity index (χ3n) is 8.79. The summed E-state index contributed by atoms with van der Waals surface area (Å²) in [5.41, 5.74) is 2.81. The Balaban J connectivity index is 1.25. The Labute approximate surface area is 242 Å². The van der Waals surface area contributed by atoms with Crippen molar-refractivity contribution in [2.75, 3.05) is 13.7 Å². The maximum atomic E-state index is 13.8. The van der Waals surface area contributed by atoms with Crippen molar-refractivity contribution in [2.24, 2.45) is 16.9 Å². The fourth-order valence-corrected chi connectivity index (χ4v) is 6.58. The highest BCUT2D eigenvalue weighted by Crippen LogP contribution is 2.38. The van der Waals surface area contributed by atoms with E-state index in [4.69, 9.17) is 9.47 Å². The van der Waals surface area contributed by atoms with E-state index < -0.39 is 0 Å². The molecule has 0 saturated heterocycles. The molecule has 1 heterocycles. The van der Waals surface area contributed by atoms with Crippen LogP contribution in [0.25, 0.3) is 0 Å². The lowest BCUT2D eigenvalue weighted by Gasteiger charge is -2.32. The Morgan fingerprint density at radius 2 is 1.78 bits per heavy atom. The molecule has 8 heteroatoms. The molecule has 5 rings (SSSR count). The van der Waals surface area contributed by atoms with Crippen LogP contribution in [0.5, 0.6) is 0 Å². The van der Waals surface area contributed by atoms with Crippen LogP contribution in [-0.4, -0.2) is 48.4 Å². The Kier molecular flexibility index (Phi) is 9.70. The Hall–Kier alpha value is -3.68. The number of hydrazone groups is 1. The molecule has 0 spiro atoms. The van der Waals surface area contributed by atoms with Gasteiger partial charge in [0.1, 0.15) is 0 Å². The van der Waals surface area contributed by atoms with Gasteiger partial charge in [0, 0.05) is 18.0 Å². The van der Waals surface area contributed by atoms with Crippen LogP contribution in [0, 0.1) is 11.8 Å². The molecule has 1 aliphatic heterocycles. The normalized spacial score (nSPS) is 22.0. The first-order valence-corrected chi connectivity index (χ1v) is 15.0. The molecule has 8 nitrogen and oxygen atoms in total. The van der Waals surface area contributed by atoms with E-state index in [2.05, 4.69) is 10.4 Å². The number of hydrogen-bond donors (Lipinski definition) is 1. The maximum absolute atomic E-state index is 13.8. The summed E-state index contributed by atoms with van der Waals surface area (Å²) in [5.74, 6) is 0.786. The van der Waals surface area contributed by atoms with Crippen molar-refractivity contribution < 1.29 is 23.9 Å². The van der Waals surface area contributed by atoms with Crippen molar-refractivity contribution in [3.05, 3.63) is 71.3 Å². The van der Waals surface area contributed by atoms with E-state index in [9.17, 15) is 14.4 Å². The molecule has 41 heavy (non-hydrogen) atoms. The Bertz CT molecular complexity index is 1220. The van der Waals surface area contributed by atoms with Crippen LogP contribution in [0.1, 0.15) is 86.8 Å². The predicted octanol–water partition coefficient (Wildman–Crippen LogP) is 5.31. The van der Waals surface area contributed by atoms with Crippen LogP contribution in [0.15, 0.2) is 59.7 Å². The lowest BCUT2D eigenvalue weighted by molar-refractivity contribution is -0.141. The average molecular weight is 560 g/mol. The van der Waals surface area contributed by atoms with Gasteiger partial charge in [-0.25, -0.2) is 5.01 Å². The van der Waals surface area contributed by atoms with Crippen molar-refractivity contribution in [2.45, 2.75) is 82.7 Å². The van der Waals surface area contributed by atoms with Crippen molar-refractivity contribution >= 4 is 23.7 Å². The highest BCUT2D eigenvalue weighted by Gasteiger charge is 2.34. The summed E-state index contributed by atoms with van der Waals surface area (Å²) in [6.45, 7) is 0.300. The molecule has 3 unspecified atom stereocenters. The molecule has 1 N–H and O–H groups in total. The number of carbonyl (C=O) groups is 3. The first-order chi connectivity index (χ1) is 20.0. The minimum Gasteiger partial charge on any atom is -0.469 e. The monoisotopic (exact) mass is 559 g/mol. The number of nitrogens with one attached hydrogen (secondary N) is 1. The molecular weight excluding hydrogens is 518 g/mol. The number of amides is 2. The van der Waals surface area contributed by atoms with E-state index >= 15 is 0 Å². The molecule has 2 aliphatic carbocycles. The van der Waals surface area contributed by atoms with Gasteiger partial charge in [0.15, 0.2) is 6.61 Å². The minimum absolute atomic E-state index is 0.0412. The van der Waals surface area contributed by atoms with Crippen molar-refractivity contribution in [3.63, 3.8) is 0 Å². The summed E-state index contributed by atoms with van der Waals surface area (Å²) in [6, 6.07) is 17.8. The van der Waals surface area contributed by atoms with Crippen molar-refractivity contribution in [3.8, 4) is 0 Å². The first-order valence-electron chi connectivity index (χ1n) is 15.0. The lowest BCUT2D eigenvalue weighted by Crippen LogP contribution is -2.42. The molecule has 0 aromatic heterocycles. The van der Waals surface area contributed by atoms with Gasteiger partial charge in [0.05, 0.1) is 19.6 Å². The Morgan fingerprint density at radius 3 is 2.51 bits per heavy atom. The van der Waals surface area contributed by atoms with E-state index in [1.54, 1.807) is 0 Å². The molecule has 0 bridgehead atoms. The van der Waals surface area contributed by atoms with E-state index in [1.165, 1.54) is 12.1 Å². The van der Waals surface area contributed by atoms with E-state index in [0.29, 0.717) is 30.7 Å². The minimum atomic E-state index is -0.186. The number of methoxy groups -OCH3 is 1. The highest BCUT2D eigenvalue weighted by molar-refractivity contribution is 5.97. The second kappa shape index (κ2) is 13.8. The van der Waals surface area contributed by atoms with Gasteiger partial charge in [0.2, 0.25) is 11.8 Å². The molecule has 2 saturated carbocycles. The van der Waals surface area contributed by atoms with Crippen LogP contribution in [0.4, 0.5) is 0 Å². The fourth-order valence-electron chi connectivity index (χ4n) is 6.58. The number of benzene rings is 2. The zero-order chi connectivity index (χ0) is 28.6. The second-order valence-electron chi connectivity index (χ2n) is 11.6. The van der Waals surface area contributed by atoms with E-state index in [1.807, 2.05) is 54.6 Å². The maximum Gasteiger partial charge on any atom is 0.305 e. The number of ether oxygens (including phenoxy) is 2. The zero-order valence-electron chi connectivity index (χ0n) is 23.9. The molecular formula is C33H41N3O5. The van der Waals surface area contributed by atoms with Crippen LogP contribution in [-0.2, 0) is 30.4 Å². The summed E-state index contributed by atoms with van der Waals surface area (Å²) in [5, 5.41) is 9.32. The van der Waals surface area contributed by atoms with Gasteiger partial charge in [-0.15, -0.1) is 5.10 Å². The summed E-state index contributed by atoms with van der Waals surface area (Å²) >= 11 is 0. The second-order valence-corrected chi connectivity index (χ2v) is 11.6. The van der Waals surface area contributed by atoms with Crippen LogP contribution in [0.2, 0.25) is 0 Å². The molecule has 3 atom stereocenters. The third kappa shape index (κ3) is 7.54. The average Bonchev–Trinajstić information content (AvgIpc) is 3.53. The fraction of sp³-hybridized carbons (Fsp3) is 0.515. The number of carbonyl (C=O) groups excluding carboxylic acids is 3. The van der Waals surface area contributed by atoms with Crippen molar-refractivity contribution in [1.82, 2.24) is 10.3 Å². The zero-order valence-corrected chi connectivity index (χ0v) is 23.9. The van der Waals surface area contributed by atoms with Crippen molar-refractivity contribution in [1.29, 1.82) is 0 Å². The van der Waals surface area contributed by atoms with Gasteiger partial charge in [-0.05, 0) is 67.2 Å².